The largest absolute Gasteiger partial charge is 0.372 e. The Hall–Kier alpha value is -1.76. The number of rotatable bonds is 5. The van der Waals surface area contributed by atoms with Gasteiger partial charge in [-0.1, -0.05) is 32.0 Å². The minimum absolute atomic E-state index is 1.07. The van der Waals surface area contributed by atoms with E-state index in [1.54, 1.807) is 5.56 Å². The van der Waals surface area contributed by atoms with Crippen molar-refractivity contribution in [2.45, 2.75) is 47.0 Å². The van der Waals surface area contributed by atoms with Crippen molar-refractivity contribution in [2.24, 2.45) is 0 Å². The van der Waals surface area contributed by atoms with E-state index < -0.39 is 0 Å². The number of fused-ring (bicyclic) bond motifs is 3. The summed E-state index contributed by atoms with van der Waals surface area (Å²) in [5.41, 5.74) is 10.4. The summed E-state index contributed by atoms with van der Waals surface area (Å²) < 4.78 is 0. The van der Waals surface area contributed by atoms with E-state index >= 15 is 0 Å². The van der Waals surface area contributed by atoms with Crippen LogP contribution in [0.1, 0.15) is 49.9 Å². The van der Waals surface area contributed by atoms with Crippen molar-refractivity contribution in [3.8, 4) is 11.1 Å². The Morgan fingerprint density at radius 2 is 1.64 bits per heavy atom. The molecule has 1 heteroatoms. The molecule has 0 radical (unpaired) electrons. The van der Waals surface area contributed by atoms with E-state index in [0.29, 0.717) is 0 Å². The zero-order valence-electron chi connectivity index (χ0n) is 14.4. The molecule has 1 aliphatic rings. The number of hydrogen-bond donors (Lipinski definition) is 0. The fourth-order valence-corrected chi connectivity index (χ4v) is 3.71. The molecular weight excluding hydrogens is 266 g/mol. The number of anilines is 1. The van der Waals surface area contributed by atoms with Crippen LogP contribution < -0.4 is 4.90 Å². The van der Waals surface area contributed by atoms with E-state index in [1.165, 1.54) is 33.5 Å². The smallest absolute Gasteiger partial charge is 0.0372 e. The molecule has 0 spiro atoms. The molecule has 22 heavy (non-hydrogen) atoms. The molecular formula is C21H27N. The van der Waals surface area contributed by atoms with Crippen LogP contribution in [-0.4, -0.2) is 13.1 Å². The van der Waals surface area contributed by atoms with Crippen molar-refractivity contribution in [2.75, 3.05) is 18.0 Å². The number of nitrogens with zero attached hydrogens (tertiary/aromatic N) is 1. The third-order valence-electron chi connectivity index (χ3n) is 5.07. The Bertz CT molecular complexity index is 681. The Morgan fingerprint density at radius 1 is 0.864 bits per heavy atom. The van der Waals surface area contributed by atoms with E-state index in [4.69, 9.17) is 0 Å². The van der Waals surface area contributed by atoms with Crippen molar-refractivity contribution in [1.82, 2.24) is 0 Å². The van der Waals surface area contributed by atoms with Gasteiger partial charge in [0.1, 0.15) is 0 Å². The Kier molecular flexibility index (Phi) is 4.24. The standard InChI is InChI=1S/C21H27N/c1-5-15-11-16(6-2)19-13-17-9-10-18(22(7-3)8-4)14-20(17)21(19)12-15/h9-12,14H,5-8,13H2,1-4H3. The molecule has 0 aliphatic heterocycles. The van der Waals surface area contributed by atoms with Crippen LogP contribution in [0.25, 0.3) is 11.1 Å². The predicted octanol–water partition coefficient (Wildman–Crippen LogP) is 5.23. The van der Waals surface area contributed by atoms with Gasteiger partial charge in [0.25, 0.3) is 0 Å². The van der Waals surface area contributed by atoms with E-state index in [0.717, 1.165) is 32.4 Å². The summed E-state index contributed by atoms with van der Waals surface area (Å²) in [5.74, 6) is 0. The fraction of sp³-hybridized carbons (Fsp3) is 0.429. The molecule has 0 unspecified atom stereocenters. The Labute approximate surface area is 135 Å². The van der Waals surface area contributed by atoms with Gasteiger partial charge >= 0.3 is 0 Å². The molecule has 0 fully saturated rings. The summed E-state index contributed by atoms with van der Waals surface area (Å²) >= 11 is 0. The van der Waals surface area contributed by atoms with Crippen LogP contribution in [0, 0.1) is 0 Å². The maximum absolute atomic E-state index is 2.43. The minimum Gasteiger partial charge on any atom is -0.372 e. The van der Waals surface area contributed by atoms with E-state index in [2.05, 4.69) is 62.9 Å². The molecule has 0 N–H and O–H groups in total. The van der Waals surface area contributed by atoms with Crippen LogP contribution >= 0.6 is 0 Å². The fourth-order valence-electron chi connectivity index (χ4n) is 3.71. The maximum atomic E-state index is 2.43. The SMILES string of the molecule is CCc1cc(CC)c2c(c1)-c1cc(N(CC)CC)ccc1C2. The second-order valence-corrected chi connectivity index (χ2v) is 6.18. The van der Waals surface area contributed by atoms with Crippen LogP contribution in [0.15, 0.2) is 30.3 Å². The summed E-state index contributed by atoms with van der Waals surface area (Å²) in [7, 11) is 0. The highest BCUT2D eigenvalue weighted by Crippen LogP contribution is 2.41. The van der Waals surface area contributed by atoms with Crippen molar-refractivity contribution in [3.63, 3.8) is 0 Å². The van der Waals surface area contributed by atoms with E-state index in [9.17, 15) is 0 Å². The first-order valence-corrected chi connectivity index (χ1v) is 8.74. The third-order valence-corrected chi connectivity index (χ3v) is 5.07. The van der Waals surface area contributed by atoms with Gasteiger partial charge in [0.05, 0.1) is 0 Å². The average molecular weight is 293 g/mol. The summed E-state index contributed by atoms with van der Waals surface area (Å²) in [6.07, 6.45) is 3.36. The maximum Gasteiger partial charge on any atom is 0.0372 e. The highest BCUT2D eigenvalue weighted by Gasteiger charge is 2.22. The molecule has 2 aromatic rings. The van der Waals surface area contributed by atoms with Crippen molar-refractivity contribution in [1.29, 1.82) is 0 Å². The van der Waals surface area contributed by atoms with Gasteiger partial charge in [0.2, 0.25) is 0 Å². The van der Waals surface area contributed by atoms with Crippen LogP contribution in [0.2, 0.25) is 0 Å². The Balaban J connectivity index is 2.13. The second-order valence-electron chi connectivity index (χ2n) is 6.18. The van der Waals surface area contributed by atoms with Gasteiger partial charge in [0.15, 0.2) is 0 Å². The first-order chi connectivity index (χ1) is 10.7. The average Bonchev–Trinajstić information content (AvgIpc) is 2.93. The first-order valence-electron chi connectivity index (χ1n) is 8.74. The van der Waals surface area contributed by atoms with Crippen LogP contribution in [0.3, 0.4) is 0 Å². The van der Waals surface area contributed by atoms with E-state index in [1.807, 2.05) is 0 Å². The van der Waals surface area contributed by atoms with Gasteiger partial charge in [-0.2, -0.15) is 0 Å². The molecule has 1 nitrogen and oxygen atoms in total. The van der Waals surface area contributed by atoms with Gasteiger partial charge in [-0.05, 0) is 78.6 Å². The molecule has 116 valence electrons. The summed E-state index contributed by atoms with van der Waals surface area (Å²) in [6, 6.07) is 11.9. The molecule has 0 atom stereocenters. The highest BCUT2D eigenvalue weighted by molar-refractivity contribution is 5.81. The minimum atomic E-state index is 1.07. The lowest BCUT2D eigenvalue weighted by molar-refractivity contribution is 0.866. The molecule has 1 aliphatic carbocycles. The van der Waals surface area contributed by atoms with Crippen molar-refractivity contribution >= 4 is 5.69 Å². The van der Waals surface area contributed by atoms with Gasteiger partial charge in [0, 0.05) is 18.8 Å². The summed E-state index contributed by atoms with van der Waals surface area (Å²) in [5, 5.41) is 0. The second kappa shape index (κ2) is 6.16. The normalized spacial score (nSPS) is 12.2. The summed E-state index contributed by atoms with van der Waals surface area (Å²) in [6.45, 7) is 11.1. The summed E-state index contributed by atoms with van der Waals surface area (Å²) in [4.78, 5) is 2.43. The quantitative estimate of drug-likeness (QED) is 0.622. The molecule has 0 bridgehead atoms. The third kappa shape index (κ3) is 2.43. The highest BCUT2D eigenvalue weighted by atomic mass is 15.1. The predicted molar refractivity (Wildman–Crippen MR) is 97.0 cm³/mol. The van der Waals surface area contributed by atoms with Crippen molar-refractivity contribution < 1.29 is 0 Å². The lowest BCUT2D eigenvalue weighted by Gasteiger charge is -2.22. The topological polar surface area (TPSA) is 3.24 Å². The van der Waals surface area contributed by atoms with E-state index in [-0.39, 0.29) is 0 Å². The van der Waals surface area contributed by atoms with Crippen LogP contribution in [-0.2, 0) is 19.3 Å². The van der Waals surface area contributed by atoms with Gasteiger partial charge in [-0.25, -0.2) is 0 Å². The molecule has 0 aromatic heterocycles. The van der Waals surface area contributed by atoms with Crippen LogP contribution in [0.4, 0.5) is 5.69 Å². The molecule has 0 saturated carbocycles. The number of benzene rings is 2. The van der Waals surface area contributed by atoms with Gasteiger partial charge < -0.3 is 4.90 Å². The molecule has 0 saturated heterocycles. The van der Waals surface area contributed by atoms with Gasteiger partial charge in [-0.15, -0.1) is 0 Å². The molecule has 2 aromatic carbocycles. The number of hydrogen-bond acceptors (Lipinski definition) is 1. The molecule has 0 amide bonds. The molecule has 0 heterocycles. The van der Waals surface area contributed by atoms with Crippen molar-refractivity contribution in [3.05, 3.63) is 52.6 Å². The van der Waals surface area contributed by atoms with Crippen LogP contribution in [0.5, 0.6) is 0 Å². The van der Waals surface area contributed by atoms with Gasteiger partial charge in [-0.3, -0.25) is 0 Å². The Morgan fingerprint density at radius 3 is 2.27 bits per heavy atom. The monoisotopic (exact) mass is 293 g/mol. The molecule has 3 rings (SSSR count). The lowest BCUT2D eigenvalue weighted by atomic mass is 9.95. The number of aryl methyl sites for hydroxylation is 2. The zero-order chi connectivity index (χ0) is 15.7. The lowest BCUT2D eigenvalue weighted by Crippen LogP contribution is -2.21. The first kappa shape index (κ1) is 15.1. The zero-order valence-corrected chi connectivity index (χ0v) is 14.4.